The first-order valence-corrected chi connectivity index (χ1v) is 5.28. The monoisotopic (exact) mass is 190 g/mol. The van der Waals surface area contributed by atoms with Crippen LogP contribution in [0, 0.1) is 0 Å². The van der Waals surface area contributed by atoms with E-state index in [4.69, 9.17) is 9.47 Å². The molecule has 1 aliphatic carbocycles. The summed E-state index contributed by atoms with van der Waals surface area (Å²) in [6.45, 7) is 1.57. The Morgan fingerprint density at radius 1 is 1.29 bits per heavy atom. The molecule has 74 valence electrons. The van der Waals surface area contributed by atoms with E-state index in [9.17, 15) is 0 Å². The van der Waals surface area contributed by atoms with Gasteiger partial charge in [0.15, 0.2) is 0 Å². The highest BCUT2D eigenvalue weighted by molar-refractivity contribution is 5.38. The van der Waals surface area contributed by atoms with Crippen LogP contribution in [-0.4, -0.2) is 19.3 Å². The highest BCUT2D eigenvalue weighted by atomic mass is 16.6. The highest BCUT2D eigenvalue weighted by Gasteiger charge is 2.23. The van der Waals surface area contributed by atoms with Gasteiger partial charge in [-0.3, -0.25) is 0 Å². The number of aryl methyl sites for hydroxylation is 2. The summed E-state index contributed by atoms with van der Waals surface area (Å²) in [5.41, 5.74) is 2.97. The fourth-order valence-corrected chi connectivity index (χ4v) is 1.99. The first-order chi connectivity index (χ1) is 6.92. The zero-order valence-electron chi connectivity index (χ0n) is 8.16. The van der Waals surface area contributed by atoms with Gasteiger partial charge in [-0.05, 0) is 42.5 Å². The Morgan fingerprint density at radius 3 is 3.00 bits per heavy atom. The quantitative estimate of drug-likeness (QED) is 0.679. The molecule has 0 N–H and O–H groups in total. The number of epoxide rings is 1. The molecule has 1 aliphatic heterocycles. The van der Waals surface area contributed by atoms with Gasteiger partial charge in [-0.25, -0.2) is 0 Å². The second-order valence-electron chi connectivity index (χ2n) is 4.05. The van der Waals surface area contributed by atoms with Crippen molar-refractivity contribution < 1.29 is 9.47 Å². The van der Waals surface area contributed by atoms with Crippen molar-refractivity contribution in [1.29, 1.82) is 0 Å². The van der Waals surface area contributed by atoms with E-state index < -0.39 is 0 Å². The minimum Gasteiger partial charge on any atom is -0.491 e. The average Bonchev–Trinajstić information content (AvgIpc) is 2.92. The zero-order valence-corrected chi connectivity index (χ0v) is 8.16. The molecule has 2 nitrogen and oxygen atoms in total. The summed E-state index contributed by atoms with van der Waals surface area (Å²) >= 11 is 0. The summed E-state index contributed by atoms with van der Waals surface area (Å²) in [7, 11) is 0. The van der Waals surface area contributed by atoms with Crippen molar-refractivity contribution in [3.63, 3.8) is 0 Å². The molecule has 1 saturated heterocycles. The van der Waals surface area contributed by atoms with E-state index in [0.29, 0.717) is 12.7 Å². The summed E-state index contributed by atoms with van der Waals surface area (Å²) in [6, 6.07) is 6.46. The van der Waals surface area contributed by atoms with Crippen molar-refractivity contribution >= 4 is 0 Å². The Labute approximate surface area is 83.8 Å². The van der Waals surface area contributed by atoms with Gasteiger partial charge in [0.25, 0.3) is 0 Å². The topological polar surface area (TPSA) is 21.8 Å². The smallest absolute Gasteiger partial charge is 0.119 e. The van der Waals surface area contributed by atoms with Crippen LogP contribution in [0.15, 0.2) is 18.2 Å². The molecule has 2 aliphatic rings. The molecule has 1 atom stereocenters. The van der Waals surface area contributed by atoms with Crippen LogP contribution in [0.2, 0.25) is 0 Å². The van der Waals surface area contributed by atoms with E-state index in [1.54, 1.807) is 0 Å². The minimum absolute atomic E-state index is 0.350. The Morgan fingerprint density at radius 2 is 2.14 bits per heavy atom. The van der Waals surface area contributed by atoms with Crippen molar-refractivity contribution in [2.75, 3.05) is 13.2 Å². The van der Waals surface area contributed by atoms with Gasteiger partial charge in [0.2, 0.25) is 0 Å². The lowest BCUT2D eigenvalue weighted by Gasteiger charge is -2.06. The highest BCUT2D eigenvalue weighted by Crippen LogP contribution is 2.26. The van der Waals surface area contributed by atoms with Gasteiger partial charge in [-0.1, -0.05) is 6.07 Å². The maximum absolute atomic E-state index is 5.63. The third-order valence-corrected chi connectivity index (χ3v) is 2.91. The van der Waals surface area contributed by atoms with Crippen LogP contribution in [0.3, 0.4) is 0 Å². The van der Waals surface area contributed by atoms with Crippen molar-refractivity contribution in [3.8, 4) is 5.75 Å². The Bertz CT molecular complexity index is 342. The predicted octanol–water partition coefficient (Wildman–Crippen LogP) is 1.95. The Hall–Kier alpha value is -1.02. The molecule has 2 heteroatoms. The minimum atomic E-state index is 0.350. The van der Waals surface area contributed by atoms with Crippen LogP contribution >= 0.6 is 0 Å². The Kier molecular flexibility index (Phi) is 1.95. The molecule has 3 rings (SSSR count). The first-order valence-electron chi connectivity index (χ1n) is 5.28. The van der Waals surface area contributed by atoms with Gasteiger partial charge in [0.05, 0.1) is 6.61 Å². The van der Waals surface area contributed by atoms with E-state index in [2.05, 4.69) is 18.2 Å². The summed E-state index contributed by atoms with van der Waals surface area (Å²) in [6.07, 6.45) is 4.10. The fourth-order valence-electron chi connectivity index (χ4n) is 1.99. The number of hydrogen-bond donors (Lipinski definition) is 0. The SMILES string of the molecule is c1cc2c(cc1OC[C@@H]1CO1)CCC2. The van der Waals surface area contributed by atoms with Crippen LogP contribution in [0.1, 0.15) is 17.5 Å². The normalized spacial score (nSPS) is 23.3. The number of rotatable bonds is 3. The standard InChI is InChI=1S/C12H14O2/c1-2-9-4-5-11(6-10(9)3-1)13-7-12-8-14-12/h4-6,12H,1-3,7-8H2/t12-/m1/s1. The summed E-state index contributed by atoms with van der Waals surface area (Å²) in [5, 5.41) is 0. The molecule has 1 heterocycles. The largest absolute Gasteiger partial charge is 0.491 e. The van der Waals surface area contributed by atoms with Gasteiger partial charge in [0, 0.05) is 0 Å². The van der Waals surface area contributed by atoms with Crippen molar-refractivity contribution in [1.82, 2.24) is 0 Å². The zero-order chi connectivity index (χ0) is 9.38. The van der Waals surface area contributed by atoms with E-state index >= 15 is 0 Å². The predicted molar refractivity (Wildman–Crippen MR) is 53.7 cm³/mol. The van der Waals surface area contributed by atoms with Gasteiger partial charge in [-0.15, -0.1) is 0 Å². The number of benzene rings is 1. The average molecular weight is 190 g/mol. The van der Waals surface area contributed by atoms with Crippen LogP contribution in [0.25, 0.3) is 0 Å². The molecular formula is C12H14O2. The third-order valence-electron chi connectivity index (χ3n) is 2.91. The molecule has 14 heavy (non-hydrogen) atoms. The van der Waals surface area contributed by atoms with Crippen molar-refractivity contribution in [2.24, 2.45) is 0 Å². The van der Waals surface area contributed by atoms with Crippen molar-refractivity contribution in [3.05, 3.63) is 29.3 Å². The molecule has 0 amide bonds. The lowest BCUT2D eigenvalue weighted by molar-refractivity contribution is 0.263. The molecule has 0 radical (unpaired) electrons. The fraction of sp³-hybridized carbons (Fsp3) is 0.500. The van der Waals surface area contributed by atoms with Gasteiger partial charge in [0.1, 0.15) is 18.5 Å². The van der Waals surface area contributed by atoms with Gasteiger partial charge in [-0.2, -0.15) is 0 Å². The van der Waals surface area contributed by atoms with Crippen LogP contribution in [-0.2, 0) is 17.6 Å². The molecule has 0 bridgehead atoms. The maximum atomic E-state index is 5.63. The van der Waals surface area contributed by atoms with Gasteiger partial charge >= 0.3 is 0 Å². The molecule has 0 aromatic heterocycles. The molecule has 1 aromatic carbocycles. The Balaban J connectivity index is 1.71. The molecular weight excluding hydrogens is 176 g/mol. The third kappa shape index (κ3) is 1.62. The summed E-state index contributed by atoms with van der Waals surface area (Å²) in [4.78, 5) is 0. The van der Waals surface area contributed by atoms with Crippen LogP contribution in [0.4, 0.5) is 0 Å². The van der Waals surface area contributed by atoms with E-state index in [0.717, 1.165) is 12.4 Å². The van der Waals surface area contributed by atoms with E-state index in [-0.39, 0.29) is 0 Å². The first kappa shape index (κ1) is 8.30. The van der Waals surface area contributed by atoms with Gasteiger partial charge < -0.3 is 9.47 Å². The van der Waals surface area contributed by atoms with E-state index in [1.165, 1.54) is 30.4 Å². The van der Waals surface area contributed by atoms with Crippen molar-refractivity contribution in [2.45, 2.75) is 25.4 Å². The maximum Gasteiger partial charge on any atom is 0.119 e. The van der Waals surface area contributed by atoms with E-state index in [1.807, 2.05) is 0 Å². The molecule has 1 aromatic rings. The second-order valence-corrected chi connectivity index (χ2v) is 4.05. The molecule has 0 unspecified atom stereocenters. The summed E-state index contributed by atoms with van der Waals surface area (Å²) < 4.78 is 10.7. The molecule has 0 saturated carbocycles. The number of ether oxygens (including phenoxy) is 2. The molecule has 0 spiro atoms. The lowest BCUT2D eigenvalue weighted by Crippen LogP contribution is -2.04. The molecule has 1 fully saturated rings. The second kappa shape index (κ2) is 3.28. The van der Waals surface area contributed by atoms with Crippen LogP contribution < -0.4 is 4.74 Å². The number of hydrogen-bond acceptors (Lipinski definition) is 2. The lowest BCUT2D eigenvalue weighted by atomic mass is 10.1. The number of fused-ring (bicyclic) bond motifs is 1. The van der Waals surface area contributed by atoms with Crippen LogP contribution in [0.5, 0.6) is 5.75 Å². The summed E-state index contributed by atoms with van der Waals surface area (Å²) in [5.74, 6) is 1.00.